The van der Waals surface area contributed by atoms with Crippen LogP contribution in [0.2, 0.25) is 0 Å². The molecule has 0 radical (unpaired) electrons. The molecule has 0 atom stereocenters. The predicted molar refractivity (Wildman–Crippen MR) is 79.0 cm³/mol. The molecular formula is C13H14F2N2O2S2. The number of hydrogen-bond acceptors (Lipinski definition) is 4. The molecule has 0 bridgehead atoms. The van der Waals surface area contributed by atoms with Crippen molar-refractivity contribution in [2.45, 2.75) is 17.6 Å². The van der Waals surface area contributed by atoms with Gasteiger partial charge in [0.15, 0.2) is 0 Å². The molecule has 0 unspecified atom stereocenters. The third-order valence-electron chi connectivity index (χ3n) is 2.79. The van der Waals surface area contributed by atoms with Crippen LogP contribution in [0.3, 0.4) is 0 Å². The smallest absolute Gasteiger partial charge is 0.271 e. The minimum absolute atomic E-state index is 0.0336. The van der Waals surface area contributed by atoms with Gasteiger partial charge in [-0.2, -0.15) is 0 Å². The van der Waals surface area contributed by atoms with E-state index in [0.717, 1.165) is 28.3 Å². The first-order valence-electron chi connectivity index (χ1n) is 6.10. The minimum Gasteiger partial charge on any atom is -0.330 e. The molecule has 0 saturated heterocycles. The van der Waals surface area contributed by atoms with Crippen LogP contribution in [-0.4, -0.2) is 15.0 Å². The molecule has 8 heteroatoms. The molecular weight excluding hydrogens is 318 g/mol. The Kier molecular flexibility index (Phi) is 4.60. The number of nitrogens with one attached hydrogen (secondary N) is 1. The first-order valence-corrected chi connectivity index (χ1v) is 8.40. The third kappa shape index (κ3) is 3.58. The van der Waals surface area contributed by atoms with Crippen molar-refractivity contribution < 1.29 is 17.2 Å². The van der Waals surface area contributed by atoms with Gasteiger partial charge in [0.2, 0.25) is 0 Å². The van der Waals surface area contributed by atoms with Crippen molar-refractivity contribution in [3.05, 3.63) is 46.3 Å². The highest BCUT2D eigenvalue weighted by Crippen LogP contribution is 2.26. The highest BCUT2D eigenvalue weighted by Gasteiger charge is 2.19. The maximum Gasteiger partial charge on any atom is 0.271 e. The SMILES string of the molecule is Cc1cc(F)c(NS(=O)(=O)c2ccc(CCN)s2)cc1F. The van der Waals surface area contributed by atoms with E-state index in [1.54, 1.807) is 6.07 Å². The normalized spacial score (nSPS) is 11.6. The molecule has 0 aliphatic carbocycles. The molecule has 0 aliphatic rings. The van der Waals surface area contributed by atoms with Crippen LogP contribution >= 0.6 is 11.3 Å². The van der Waals surface area contributed by atoms with Gasteiger partial charge < -0.3 is 5.73 Å². The van der Waals surface area contributed by atoms with E-state index in [4.69, 9.17) is 5.73 Å². The summed E-state index contributed by atoms with van der Waals surface area (Å²) in [6.07, 6.45) is 0.563. The summed E-state index contributed by atoms with van der Waals surface area (Å²) >= 11 is 1.05. The summed E-state index contributed by atoms with van der Waals surface area (Å²) < 4.78 is 53.5. The molecule has 0 fully saturated rings. The van der Waals surface area contributed by atoms with Crippen molar-refractivity contribution in [1.82, 2.24) is 0 Å². The summed E-state index contributed by atoms with van der Waals surface area (Å²) in [5, 5.41) is 0. The number of aryl methyl sites for hydroxylation is 1. The molecule has 3 N–H and O–H groups in total. The first-order chi connectivity index (χ1) is 9.83. The van der Waals surface area contributed by atoms with E-state index in [0.29, 0.717) is 13.0 Å². The van der Waals surface area contributed by atoms with E-state index in [9.17, 15) is 17.2 Å². The Hall–Kier alpha value is -1.51. The maximum atomic E-state index is 13.7. The minimum atomic E-state index is -3.94. The van der Waals surface area contributed by atoms with Crippen molar-refractivity contribution in [2.75, 3.05) is 11.3 Å². The fraction of sp³-hybridized carbons (Fsp3) is 0.231. The van der Waals surface area contributed by atoms with Gasteiger partial charge in [-0.05, 0) is 43.7 Å². The standard InChI is InChI=1S/C13H14F2N2O2S2/c1-8-6-11(15)12(7-10(8)14)17-21(18,19)13-3-2-9(20-13)4-5-16/h2-3,6-7,17H,4-5,16H2,1H3. The molecule has 2 rings (SSSR count). The van der Waals surface area contributed by atoms with E-state index in [1.807, 2.05) is 0 Å². The van der Waals surface area contributed by atoms with Crippen molar-refractivity contribution in [3.8, 4) is 0 Å². The number of thiophene rings is 1. The van der Waals surface area contributed by atoms with Crippen molar-refractivity contribution in [3.63, 3.8) is 0 Å². The number of anilines is 1. The first kappa shape index (κ1) is 15.9. The second kappa shape index (κ2) is 6.08. The van der Waals surface area contributed by atoms with Crippen molar-refractivity contribution >= 4 is 27.0 Å². The van der Waals surface area contributed by atoms with Gasteiger partial charge in [-0.1, -0.05) is 0 Å². The van der Waals surface area contributed by atoms with Crippen LogP contribution in [0.25, 0.3) is 0 Å². The highest BCUT2D eigenvalue weighted by atomic mass is 32.2. The van der Waals surface area contributed by atoms with Gasteiger partial charge in [0.05, 0.1) is 5.69 Å². The number of nitrogens with two attached hydrogens (primary N) is 1. The Morgan fingerprint density at radius 3 is 2.62 bits per heavy atom. The van der Waals surface area contributed by atoms with E-state index in [1.165, 1.54) is 13.0 Å². The fourth-order valence-corrected chi connectivity index (χ4v) is 4.13. The Morgan fingerprint density at radius 1 is 1.24 bits per heavy atom. The number of benzene rings is 1. The Labute approximate surface area is 125 Å². The van der Waals surface area contributed by atoms with E-state index in [2.05, 4.69) is 4.72 Å². The summed E-state index contributed by atoms with van der Waals surface area (Å²) in [7, 11) is -3.94. The molecule has 0 amide bonds. The largest absolute Gasteiger partial charge is 0.330 e. The summed E-state index contributed by atoms with van der Waals surface area (Å²) in [6.45, 7) is 1.81. The van der Waals surface area contributed by atoms with Crippen LogP contribution in [0.15, 0.2) is 28.5 Å². The van der Waals surface area contributed by atoms with Gasteiger partial charge >= 0.3 is 0 Å². The molecule has 0 saturated carbocycles. The quantitative estimate of drug-likeness (QED) is 0.884. The van der Waals surface area contributed by atoms with Gasteiger partial charge in [0.25, 0.3) is 10.0 Å². The molecule has 21 heavy (non-hydrogen) atoms. The monoisotopic (exact) mass is 332 g/mol. The molecule has 0 spiro atoms. The van der Waals surface area contributed by atoms with E-state index >= 15 is 0 Å². The van der Waals surface area contributed by atoms with Crippen LogP contribution in [-0.2, 0) is 16.4 Å². The summed E-state index contributed by atoms with van der Waals surface area (Å²) in [5.74, 6) is -1.50. The fourth-order valence-electron chi connectivity index (χ4n) is 1.70. The van der Waals surface area contributed by atoms with Gasteiger partial charge in [-0.15, -0.1) is 11.3 Å². The van der Waals surface area contributed by atoms with Crippen LogP contribution in [0.1, 0.15) is 10.4 Å². The topological polar surface area (TPSA) is 72.2 Å². The van der Waals surface area contributed by atoms with Crippen molar-refractivity contribution in [1.29, 1.82) is 0 Å². The van der Waals surface area contributed by atoms with Gasteiger partial charge in [0.1, 0.15) is 15.8 Å². The average molecular weight is 332 g/mol. The van der Waals surface area contributed by atoms with Crippen LogP contribution in [0, 0.1) is 18.6 Å². The lowest BCUT2D eigenvalue weighted by atomic mass is 10.2. The second-order valence-corrected chi connectivity index (χ2v) is 7.52. The van der Waals surface area contributed by atoms with E-state index in [-0.39, 0.29) is 9.77 Å². The third-order valence-corrected chi connectivity index (χ3v) is 5.79. The zero-order valence-corrected chi connectivity index (χ0v) is 12.8. The van der Waals surface area contributed by atoms with Crippen molar-refractivity contribution in [2.24, 2.45) is 5.73 Å². The molecule has 2 aromatic rings. The lowest BCUT2D eigenvalue weighted by Gasteiger charge is -2.08. The van der Waals surface area contributed by atoms with Crippen LogP contribution < -0.4 is 10.5 Å². The molecule has 1 aromatic carbocycles. The zero-order valence-electron chi connectivity index (χ0n) is 11.2. The molecule has 0 aliphatic heterocycles. The molecule has 1 heterocycles. The predicted octanol–water partition coefficient (Wildman–Crippen LogP) is 2.64. The maximum absolute atomic E-state index is 13.7. The van der Waals surface area contributed by atoms with Crippen LogP contribution in [0.5, 0.6) is 0 Å². The Bertz CT molecular complexity index is 758. The number of halogens is 2. The number of rotatable bonds is 5. The Balaban J connectivity index is 2.30. The lowest BCUT2D eigenvalue weighted by Crippen LogP contribution is -2.13. The lowest BCUT2D eigenvalue weighted by molar-refractivity contribution is 0.591. The average Bonchev–Trinajstić information content (AvgIpc) is 2.86. The molecule has 4 nitrogen and oxygen atoms in total. The van der Waals surface area contributed by atoms with Crippen LogP contribution in [0.4, 0.5) is 14.5 Å². The van der Waals surface area contributed by atoms with E-state index < -0.39 is 27.3 Å². The summed E-state index contributed by atoms with van der Waals surface area (Å²) in [5.41, 5.74) is 5.10. The number of hydrogen-bond donors (Lipinski definition) is 2. The zero-order chi connectivity index (χ0) is 15.6. The number of sulfonamides is 1. The van der Waals surface area contributed by atoms with Gasteiger partial charge in [0, 0.05) is 10.9 Å². The molecule has 114 valence electrons. The summed E-state index contributed by atoms with van der Waals surface area (Å²) in [4.78, 5) is 0.813. The Morgan fingerprint density at radius 2 is 1.95 bits per heavy atom. The molecule has 1 aromatic heterocycles. The van der Waals surface area contributed by atoms with Gasteiger partial charge in [-0.25, -0.2) is 17.2 Å². The van der Waals surface area contributed by atoms with Gasteiger partial charge in [-0.3, -0.25) is 4.72 Å². The highest BCUT2D eigenvalue weighted by molar-refractivity contribution is 7.94. The second-order valence-electron chi connectivity index (χ2n) is 4.45. The summed E-state index contributed by atoms with van der Waals surface area (Å²) in [6, 6.07) is 4.84.